The Kier molecular flexibility index (Phi) is 4.73. The molecule has 0 saturated heterocycles. The second-order valence-electron chi connectivity index (χ2n) is 3.57. The van der Waals surface area contributed by atoms with Gasteiger partial charge in [0, 0.05) is 23.9 Å². The molecule has 5 heteroatoms. The van der Waals surface area contributed by atoms with Crippen LogP contribution in [-0.2, 0) is 0 Å². The molecule has 0 radical (unpaired) electrons. The molecule has 3 N–H and O–H groups in total. The fourth-order valence-corrected chi connectivity index (χ4v) is 1.99. The average molecular weight is 244 g/mol. The van der Waals surface area contributed by atoms with Crippen molar-refractivity contribution in [1.29, 1.82) is 0 Å². The third-order valence-electron chi connectivity index (χ3n) is 2.14. The van der Waals surface area contributed by atoms with Crippen molar-refractivity contribution in [3.05, 3.63) is 17.9 Å². The fraction of sp³-hybridized carbons (Fsp3) is 0.455. The van der Waals surface area contributed by atoms with Gasteiger partial charge in [-0.15, -0.1) is 0 Å². The Morgan fingerprint density at radius 2 is 2.25 bits per heavy atom. The van der Waals surface area contributed by atoms with Crippen molar-refractivity contribution in [3.8, 4) is 5.75 Å². The maximum absolute atomic E-state index is 13.3. The van der Waals surface area contributed by atoms with E-state index in [-0.39, 0.29) is 11.8 Å². The second-order valence-corrected chi connectivity index (χ2v) is 4.49. The standard InChI is InChI=1S/C11H17FN2OS/c1-7(6-16-3)14-10-5-11(15-2)8(12)4-9(10)13/h4-5,7,14H,6,13H2,1-3H3. The molecule has 0 bridgehead atoms. The third-order valence-corrected chi connectivity index (χ3v) is 2.98. The Labute approximate surface area is 99.5 Å². The quantitative estimate of drug-likeness (QED) is 0.782. The molecule has 3 nitrogen and oxygen atoms in total. The van der Waals surface area contributed by atoms with Gasteiger partial charge in [-0.1, -0.05) is 0 Å². The Morgan fingerprint density at radius 3 is 2.81 bits per heavy atom. The van der Waals surface area contributed by atoms with Crippen molar-refractivity contribution < 1.29 is 9.13 Å². The predicted octanol–water partition coefficient (Wildman–Crippen LogP) is 2.58. The molecule has 0 aliphatic carbocycles. The van der Waals surface area contributed by atoms with E-state index in [0.29, 0.717) is 11.4 Å². The Balaban J connectivity index is 2.87. The molecule has 16 heavy (non-hydrogen) atoms. The summed E-state index contributed by atoms with van der Waals surface area (Å²) in [5, 5.41) is 3.22. The number of nitrogen functional groups attached to an aromatic ring is 1. The number of benzene rings is 1. The van der Waals surface area contributed by atoms with Gasteiger partial charge in [0.1, 0.15) is 0 Å². The average Bonchev–Trinajstić information content (AvgIpc) is 2.22. The first kappa shape index (κ1) is 13.0. The van der Waals surface area contributed by atoms with E-state index in [4.69, 9.17) is 10.5 Å². The topological polar surface area (TPSA) is 47.3 Å². The summed E-state index contributed by atoms with van der Waals surface area (Å²) in [6.45, 7) is 2.05. The van der Waals surface area contributed by atoms with Crippen molar-refractivity contribution in [2.24, 2.45) is 0 Å². The molecule has 1 atom stereocenters. The van der Waals surface area contributed by atoms with Gasteiger partial charge in [0.25, 0.3) is 0 Å². The number of nitrogens with two attached hydrogens (primary N) is 1. The van der Waals surface area contributed by atoms with Gasteiger partial charge in [-0.2, -0.15) is 11.8 Å². The smallest absolute Gasteiger partial charge is 0.167 e. The van der Waals surface area contributed by atoms with E-state index < -0.39 is 5.82 Å². The van der Waals surface area contributed by atoms with E-state index in [1.807, 2.05) is 13.2 Å². The molecule has 0 aromatic heterocycles. The van der Waals surface area contributed by atoms with Gasteiger partial charge in [-0.05, 0) is 13.2 Å². The zero-order chi connectivity index (χ0) is 12.1. The van der Waals surface area contributed by atoms with Crippen molar-refractivity contribution >= 4 is 23.1 Å². The van der Waals surface area contributed by atoms with Crippen LogP contribution in [0.15, 0.2) is 12.1 Å². The molecule has 0 saturated carbocycles. The minimum absolute atomic E-state index is 0.202. The Morgan fingerprint density at radius 1 is 1.56 bits per heavy atom. The molecule has 0 aliphatic rings. The molecular formula is C11H17FN2OS. The van der Waals surface area contributed by atoms with Crippen LogP contribution in [0.25, 0.3) is 0 Å². The molecule has 1 unspecified atom stereocenters. The largest absolute Gasteiger partial charge is 0.494 e. The third kappa shape index (κ3) is 3.20. The van der Waals surface area contributed by atoms with Gasteiger partial charge in [-0.25, -0.2) is 4.39 Å². The lowest BCUT2D eigenvalue weighted by Crippen LogP contribution is -2.18. The molecule has 0 amide bonds. The minimum Gasteiger partial charge on any atom is -0.494 e. The molecule has 0 heterocycles. The number of halogens is 1. The van der Waals surface area contributed by atoms with Crippen LogP contribution < -0.4 is 15.8 Å². The number of hydrogen-bond donors (Lipinski definition) is 2. The minimum atomic E-state index is -0.442. The maximum atomic E-state index is 13.3. The summed E-state index contributed by atoms with van der Waals surface area (Å²) in [5.74, 6) is 0.718. The Bertz CT molecular complexity index is 360. The number of nitrogens with one attached hydrogen (secondary N) is 1. The number of methoxy groups -OCH3 is 1. The van der Waals surface area contributed by atoms with Crippen molar-refractivity contribution in [1.82, 2.24) is 0 Å². The lowest BCUT2D eigenvalue weighted by Gasteiger charge is -2.16. The van der Waals surface area contributed by atoms with Gasteiger partial charge < -0.3 is 15.8 Å². The summed E-state index contributed by atoms with van der Waals surface area (Å²) in [6, 6.07) is 3.13. The normalized spacial score (nSPS) is 12.2. The summed E-state index contributed by atoms with van der Waals surface area (Å²) in [5.41, 5.74) is 6.83. The Hall–Kier alpha value is -1.10. The van der Waals surface area contributed by atoms with E-state index in [9.17, 15) is 4.39 Å². The lowest BCUT2D eigenvalue weighted by molar-refractivity contribution is 0.387. The van der Waals surface area contributed by atoms with Gasteiger partial charge >= 0.3 is 0 Å². The number of ether oxygens (including phenoxy) is 1. The summed E-state index contributed by atoms with van der Waals surface area (Å²) in [4.78, 5) is 0. The number of thioether (sulfide) groups is 1. The van der Waals surface area contributed by atoms with Gasteiger partial charge in [-0.3, -0.25) is 0 Å². The van der Waals surface area contributed by atoms with Crippen molar-refractivity contribution in [2.45, 2.75) is 13.0 Å². The fourth-order valence-electron chi connectivity index (χ4n) is 1.41. The van der Waals surface area contributed by atoms with Crippen molar-refractivity contribution in [2.75, 3.05) is 30.2 Å². The van der Waals surface area contributed by atoms with E-state index in [2.05, 4.69) is 5.32 Å². The summed E-state index contributed by atoms with van der Waals surface area (Å²) in [6.07, 6.45) is 2.03. The maximum Gasteiger partial charge on any atom is 0.167 e. The second kappa shape index (κ2) is 5.84. The van der Waals surface area contributed by atoms with Crippen LogP contribution in [-0.4, -0.2) is 25.2 Å². The zero-order valence-corrected chi connectivity index (χ0v) is 10.5. The molecule has 1 rings (SSSR count). The molecule has 0 fully saturated rings. The van der Waals surface area contributed by atoms with E-state index in [1.54, 1.807) is 17.8 Å². The first-order valence-electron chi connectivity index (χ1n) is 4.97. The van der Waals surface area contributed by atoms with Crippen LogP contribution >= 0.6 is 11.8 Å². The zero-order valence-electron chi connectivity index (χ0n) is 9.71. The van der Waals surface area contributed by atoms with Crippen LogP contribution in [0.1, 0.15) is 6.92 Å². The predicted molar refractivity (Wildman–Crippen MR) is 68.8 cm³/mol. The van der Waals surface area contributed by atoms with Crippen LogP contribution in [0.3, 0.4) is 0 Å². The highest BCUT2D eigenvalue weighted by atomic mass is 32.2. The molecule has 1 aromatic carbocycles. The van der Waals surface area contributed by atoms with Crippen LogP contribution in [0.4, 0.5) is 15.8 Å². The summed E-state index contributed by atoms with van der Waals surface area (Å²) in [7, 11) is 1.43. The molecule has 1 aromatic rings. The van der Waals surface area contributed by atoms with E-state index in [0.717, 1.165) is 5.75 Å². The van der Waals surface area contributed by atoms with Crippen LogP contribution in [0.2, 0.25) is 0 Å². The molecular weight excluding hydrogens is 227 g/mol. The van der Waals surface area contributed by atoms with E-state index in [1.165, 1.54) is 13.2 Å². The highest BCUT2D eigenvalue weighted by Gasteiger charge is 2.10. The molecule has 90 valence electrons. The molecule has 0 spiro atoms. The highest BCUT2D eigenvalue weighted by Crippen LogP contribution is 2.28. The monoisotopic (exact) mass is 244 g/mol. The molecule has 0 aliphatic heterocycles. The van der Waals surface area contributed by atoms with E-state index >= 15 is 0 Å². The van der Waals surface area contributed by atoms with Gasteiger partial charge in [0.2, 0.25) is 0 Å². The first-order valence-corrected chi connectivity index (χ1v) is 6.36. The lowest BCUT2D eigenvalue weighted by atomic mass is 10.2. The first-order chi connectivity index (χ1) is 7.58. The SMILES string of the molecule is COc1cc(NC(C)CSC)c(N)cc1F. The summed E-state index contributed by atoms with van der Waals surface area (Å²) >= 11 is 1.74. The summed E-state index contributed by atoms with van der Waals surface area (Å²) < 4.78 is 18.2. The van der Waals surface area contributed by atoms with Crippen LogP contribution in [0, 0.1) is 5.82 Å². The highest BCUT2D eigenvalue weighted by molar-refractivity contribution is 7.98. The number of rotatable bonds is 5. The van der Waals surface area contributed by atoms with Crippen molar-refractivity contribution in [3.63, 3.8) is 0 Å². The van der Waals surface area contributed by atoms with Crippen LogP contribution in [0.5, 0.6) is 5.75 Å². The van der Waals surface area contributed by atoms with Gasteiger partial charge in [0.05, 0.1) is 18.5 Å². The van der Waals surface area contributed by atoms with Gasteiger partial charge in [0.15, 0.2) is 11.6 Å². The number of anilines is 2. The number of hydrogen-bond acceptors (Lipinski definition) is 4.